The average Bonchev–Trinajstić information content (AvgIpc) is 3.33. The molecule has 2 aromatic heterocycles. The number of nitrogens with two attached hydrogens (primary N) is 1. The number of pyridine rings is 1. The van der Waals surface area contributed by atoms with Crippen LogP contribution >= 0.6 is 11.3 Å². The lowest BCUT2D eigenvalue weighted by Gasteiger charge is -2.15. The number of carbonyl (C=O) groups excluding carboxylic acids is 1. The summed E-state index contributed by atoms with van der Waals surface area (Å²) in [7, 11) is -3.81. The number of aromatic nitrogens is 1. The highest BCUT2D eigenvalue weighted by molar-refractivity contribution is 7.93. The van der Waals surface area contributed by atoms with E-state index in [0.717, 1.165) is 72.0 Å². The fourth-order valence-electron chi connectivity index (χ4n) is 4.10. The van der Waals surface area contributed by atoms with Crippen molar-refractivity contribution >= 4 is 33.0 Å². The van der Waals surface area contributed by atoms with E-state index in [9.17, 15) is 18.5 Å². The number of fused-ring (bicyclic) bond motifs is 2. The van der Waals surface area contributed by atoms with E-state index in [1.54, 1.807) is 0 Å². The zero-order valence-corrected chi connectivity index (χ0v) is 18.8. The first-order chi connectivity index (χ1) is 14.0. The van der Waals surface area contributed by atoms with E-state index >= 15 is 0 Å². The highest BCUT2D eigenvalue weighted by atomic mass is 32.2. The minimum absolute atomic E-state index is 0.252. The summed E-state index contributed by atoms with van der Waals surface area (Å²) in [5.41, 5.74) is 3.37. The molecule has 0 radical (unpaired) electrons. The zero-order chi connectivity index (χ0) is 21.8. The maximum Gasteiger partial charge on any atom is 0.354 e. The molecule has 0 saturated heterocycles. The first kappa shape index (κ1) is 21.4. The predicted octanol–water partition coefficient (Wildman–Crippen LogP) is 3.98. The van der Waals surface area contributed by atoms with Gasteiger partial charge in [-0.25, -0.2) is 18.5 Å². The van der Waals surface area contributed by atoms with Gasteiger partial charge in [0.25, 0.3) is 0 Å². The summed E-state index contributed by atoms with van der Waals surface area (Å²) in [6, 6.07) is 0.200. The van der Waals surface area contributed by atoms with E-state index in [4.69, 9.17) is 10.1 Å². The van der Waals surface area contributed by atoms with Crippen LogP contribution in [0.25, 0.3) is 0 Å². The van der Waals surface area contributed by atoms with Crippen LogP contribution < -0.4 is 10.5 Å². The van der Waals surface area contributed by atoms with E-state index in [-0.39, 0.29) is 9.09 Å². The monoisotopic (exact) mass is 452 g/mol. The first-order valence-corrected chi connectivity index (χ1v) is 12.3. The van der Waals surface area contributed by atoms with Crippen molar-refractivity contribution < 1.29 is 18.5 Å². The van der Waals surface area contributed by atoms with Crippen LogP contribution in [0.4, 0.5) is 14.9 Å². The van der Waals surface area contributed by atoms with Gasteiger partial charge in [-0.1, -0.05) is 6.92 Å². The second kappa shape index (κ2) is 7.37. The maximum absolute atomic E-state index is 14.4. The SMILES string of the molecule is CC1CCc2c1nc1c(c2NC(=O)N=S(N)(=O)c2sc(C(C)(C)O)cc2F)CCC1. The number of halogens is 1. The number of aryl methyl sites for hydroxylation is 1. The number of hydrogen-bond acceptors (Lipinski definition) is 5. The third-order valence-electron chi connectivity index (χ3n) is 5.63. The van der Waals surface area contributed by atoms with Crippen molar-refractivity contribution in [3.63, 3.8) is 0 Å². The van der Waals surface area contributed by atoms with E-state index in [1.807, 2.05) is 0 Å². The van der Waals surface area contributed by atoms with E-state index in [0.29, 0.717) is 11.6 Å². The number of aliphatic hydroxyl groups is 1. The summed E-state index contributed by atoms with van der Waals surface area (Å²) < 4.78 is 30.5. The number of rotatable bonds is 3. The number of nitrogens with one attached hydrogen (secondary N) is 1. The summed E-state index contributed by atoms with van der Waals surface area (Å²) in [5.74, 6) is -0.529. The van der Waals surface area contributed by atoms with Crippen molar-refractivity contribution in [3.8, 4) is 0 Å². The van der Waals surface area contributed by atoms with Gasteiger partial charge in [0.2, 0.25) is 0 Å². The van der Waals surface area contributed by atoms with Gasteiger partial charge in [-0.3, -0.25) is 4.98 Å². The number of anilines is 1. The van der Waals surface area contributed by atoms with Gasteiger partial charge >= 0.3 is 6.03 Å². The fourth-order valence-corrected chi connectivity index (χ4v) is 6.44. The van der Waals surface area contributed by atoms with Crippen LogP contribution in [0.5, 0.6) is 0 Å². The lowest BCUT2D eigenvalue weighted by molar-refractivity contribution is 0.0823. The van der Waals surface area contributed by atoms with Crippen molar-refractivity contribution in [2.45, 2.75) is 68.6 Å². The molecule has 4 rings (SSSR count). The summed E-state index contributed by atoms with van der Waals surface area (Å²) in [6.45, 7) is 5.08. The number of nitrogens with zero attached hydrogens (tertiary/aromatic N) is 2. The normalized spacial score (nSPS) is 19.9. The number of amides is 2. The molecule has 7 nitrogen and oxygen atoms in total. The molecule has 0 saturated carbocycles. The number of urea groups is 1. The molecule has 0 spiro atoms. The van der Waals surface area contributed by atoms with Crippen molar-refractivity contribution in [3.05, 3.63) is 39.3 Å². The molecule has 4 N–H and O–H groups in total. The first-order valence-electron chi connectivity index (χ1n) is 9.90. The molecular formula is C20H25FN4O3S2. The Morgan fingerprint density at radius 1 is 1.40 bits per heavy atom. The van der Waals surface area contributed by atoms with Crippen molar-refractivity contribution in [2.75, 3.05) is 5.32 Å². The van der Waals surface area contributed by atoms with E-state index in [2.05, 4.69) is 16.6 Å². The van der Waals surface area contributed by atoms with E-state index in [1.165, 1.54) is 13.8 Å². The Morgan fingerprint density at radius 2 is 2.13 bits per heavy atom. The van der Waals surface area contributed by atoms with Crippen molar-refractivity contribution in [1.29, 1.82) is 0 Å². The molecule has 0 aliphatic heterocycles. The molecule has 30 heavy (non-hydrogen) atoms. The lowest BCUT2D eigenvalue weighted by Crippen LogP contribution is -2.19. The second-order valence-electron chi connectivity index (χ2n) is 8.46. The van der Waals surface area contributed by atoms with Crippen LogP contribution in [-0.2, 0) is 34.8 Å². The van der Waals surface area contributed by atoms with Crippen LogP contribution in [0.3, 0.4) is 0 Å². The molecule has 162 valence electrons. The van der Waals surface area contributed by atoms with Gasteiger partial charge in [0.1, 0.15) is 0 Å². The summed E-state index contributed by atoms with van der Waals surface area (Å²) >= 11 is 0.753. The second-order valence-corrected chi connectivity index (χ2v) is 11.5. The summed E-state index contributed by atoms with van der Waals surface area (Å²) in [6.07, 6.45) is 4.40. The zero-order valence-electron chi connectivity index (χ0n) is 17.1. The molecule has 0 bridgehead atoms. The van der Waals surface area contributed by atoms with Gasteiger partial charge in [-0.15, -0.1) is 15.7 Å². The number of carbonyl (C=O) groups is 1. The van der Waals surface area contributed by atoms with Crippen LogP contribution in [0, 0.1) is 5.82 Å². The van der Waals surface area contributed by atoms with Gasteiger partial charge in [-0.05, 0) is 69.1 Å². The Balaban J connectivity index is 1.69. The van der Waals surface area contributed by atoms with Gasteiger partial charge in [-0.2, -0.15) is 0 Å². The predicted molar refractivity (Wildman–Crippen MR) is 115 cm³/mol. The molecule has 10 heteroatoms. The summed E-state index contributed by atoms with van der Waals surface area (Å²) in [4.78, 5) is 17.7. The molecule has 2 amide bonds. The highest BCUT2D eigenvalue weighted by Gasteiger charge is 2.30. The minimum atomic E-state index is -3.81. The minimum Gasteiger partial charge on any atom is -0.385 e. The maximum atomic E-state index is 14.4. The number of thiophene rings is 1. The number of hydrogen-bond donors (Lipinski definition) is 3. The van der Waals surface area contributed by atoms with Crippen LogP contribution in [0.1, 0.15) is 66.9 Å². The van der Waals surface area contributed by atoms with E-state index < -0.39 is 27.4 Å². The Labute approximate surface area is 179 Å². The summed E-state index contributed by atoms with van der Waals surface area (Å²) in [5, 5.41) is 18.6. The quantitative estimate of drug-likeness (QED) is 0.653. The van der Waals surface area contributed by atoms with Gasteiger partial charge in [0.15, 0.2) is 19.9 Å². The molecule has 0 fully saturated rings. The molecule has 2 aromatic rings. The molecule has 0 aromatic carbocycles. The topological polar surface area (TPSA) is 118 Å². The molecule has 2 aliphatic rings. The van der Waals surface area contributed by atoms with Crippen molar-refractivity contribution in [1.82, 2.24) is 4.98 Å². The lowest BCUT2D eigenvalue weighted by atomic mass is 10.0. The van der Waals surface area contributed by atoms with Crippen LogP contribution in [-0.4, -0.2) is 20.3 Å². The third-order valence-corrected chi connectivity index (χ3v) is 8.97. The van der Waals surface area contributed by atoms with Crippen molar-refractivity contribution in [2.24, 2.45) is 9.50 Å². The molecule has 2 heterocycles. The largest absolute Gasteiger partial charge is 0.385 e. The standard InChI is InChI=1S/C20H25FN4O3S2/c1-10-7-8-12-16(10)23-14-6-4-5-11(14)17(12)24-19(26)25-30(22,28)18-13(21)9-15(29-18)20(2,3)27/h9-10,27H,4-8H2,1-3H3,(H3,22,23,24,25,26,28). The van der Waals surface area contributed by atoms with Gasteiger partial charge < -0.3 is 10.4 Å². The fraction of sp³-hybridized carbons (Fsp3) is 0.500. The molecular weight excluding hydrogens is 427 g/mol. The smallest absolute Gasteiger partial charge is 0.354 e. The Bertz CT molecular complexity index is 1160. The Kier molecular flexibility index (Phi) is 5.24. The Hall–Kier alpha value is -1.88. The molecule has 2 atom stereocenters. The Morgan fingerprint density at radius 3 is 2.80 bits per heavy atom. The molecule has 2 unspecified atom stereocenters. The highest BCUT2D eigenvalue weighted by Crippen LogP contribution is 2.41. The van der Waals surface area contributed by atoms with Gasteiger partial charge in [0.05, 0.1) is 11.3 Å². The van der Waals surface area contributed by atoms with Gasteiger partial charge in [0, 0.05) is 16.3 Å². The molecule has 2 aliphatic carbocycles. The van der Waals surface area contributed by atoms with Crippen LogP contribution in [0.2, 0.25) is 0 Å². The average molecular weight is 453 g/mol. The third kappa shape index (κ3) is 3.77. The van der Waals surface area contributed by atoms with Crippen LogP contribution in [0.15, 0.2) is 14.6 Å².